The van der Waals surface area contributed by atoms with Crippen molar-refractivity contribution in [3.8, 4) is 17.2 Å². The predicted molar refractivity (Wildman–Crippen MR) is 109 cm³/mol. The lowest BCUT2D eigenvalue weighted by molar-refractivity contribution is 0.310. The van der Waals surface area contributed by atoms with Crippen molar-refractivity contribution in [1.29, 1.82) is 0 Å². The molecule has 2 rings (SSSR count). The number of aliphatic imine (C=N–C) groups is 1. The molecular formula is C21H29N3O3. The summed E-state index contributed by atoms with van der Waals surface area (Å²) in [7, 11) is 5.10. The molecule has 0 aromatic heterocycles. The highest BCUT2D eigenvalue weighted by Gasteiger charge is 1.99. The van der Waals surface area contributed by atoms with E-state index in [-0.39, 0.29) is 0 Å². The van der Waals surface area contributed by atoms with Crippen LogP contribution < -0.4 is 24.8 Å². The topological polar surface area (TPSA) is 64.1 Å². The standard InChI is InChI=1S/C21H29N3O3/c1-22-21(24-15-13-17-5-7-18(25-2)8-6-17)23-14-4-16-27-20-11-9-19(26-3)10-12-20/h5-12H,4,13-16H2,1-3H3,(H2,22,23,24). The zero-order chi connectivity index (χ0) is 19.3. The van der Waals surface area contributed by atoms with E-state index in [1.807, 2.05) is 36.4 Å². The molecule has 0 spiro atoms. The molecule has 0 fully saturated rings. The Hall–Kier alpha value is -2.89. The Labute approximate surface area is 161 Å². The van der Waals surface area contributed by atoms with Crippen LogP contribution in [0.2, 0.25) is 0 Å². The smallest absolute Gasteiger partial charge is 0.190 e. The van der Waals surface area contributed by atoms with Crippen LogP contribution in [0.25, 0.3) is 0 Å². The zero-order valence-corrected chi connectivity index (χ0v) is 16.3. The first kappa shape index (κ1) is 20.4. The summed E-state index contributed by atoms with van der Waals surface area (Å²) in [4.78, 5) is 4.24. The van der Waals surface area contributed by atoms with Crippen molar-refractivity contribution in [1.82, 2.24) is 10.6 Å². The summed E-state index contributed by atoms with van der Waals surface area (Å²) >= 11 is 0. The fraction of sp³-hybridized carbons (Fsp3) is 0.381. The van der Waals surface area contributed by atoms with Crippen LogP contribution in [0, 0.1) is 0 Å². The molecule has 146 valence electrons. The van der Waals surface area contributed by atoms with Gasteiger partial charge >= 0.3 is 0 Å². The summed E-state index contributed by atoms with van der Waals surface area (Å²) in [5.74, 6) is 3.35. The van der Waals surface area contributed by atoms with Crippen LogP contribution in [0.3, 0.4) is 0 Å². The minimum absolute atomic E-state index is 0.641. The third kappa shape index (κ3) is 7.48. The second kappa shape index (κ2) is 11.7. The lowest BCUT2D eigenvalue weighted by Crippen LogP contribution is -2.39. The molecule has 2 aromatic rings. The van der Waals surface area contributed by atoms with Gasteiger partial charge < -0.3 is 24.8 Å². The van der Waals surface area contributed by atoms with Gasteiger partial charge in [-0.05, 0) is 54.8 Å². The summed E-state index contributed by atoms with van der Waals surface area (Å²) < 4.78 is 16.0. The van der Waals surface area contributed by atoms with Gasteiger partial charge in [-0.3, -0.25) is 4.99 Å². The second-order valence-corrected chi connectivity index (χ2v) is 5.90. The molecule has 2 aromatic carbocycles. The van der Waals surface area contributed by atoms with Crippen molar-refractivity contribution in [3.05, 3.63) is 54.1 Å². The quantitative estimate of drug-likeness (QED) is 0.382. The van der Waals surface area contributed by atoms with Crippen molar-refractivity contribution in [3.63, 3.8) is 0 Å². The van der Waals surface area contributed by atoms with Gasteiger partial charge in [0.15, 0.2) is 5.96 Å². The van der Waals surface area contributed by atoms with E-state index >= 15 is 0 Å². The van der Waals surface area contributed by atoms with E-state index in [1.54, 1.807) is 21.3 Å². The molecule has 0 amide bonds. The van der Waals surface area contributed by atoms with Gasteiger partial charge in [0.1, 0.15) is 17.2 Å². The molecular weight excluding hydrogens is 342 g/mol. The van der Waals surface area contributed by atoms with Gasteiger partial charge in [-0.15, -0.1) is 0 Å². The molecule has 0 radical (unpaired) electrons. The third-order valence-corrected chi connectivity index (χ3v) is 4.03. The Morgan fingerprint density at radius 2 is 1.37 bits per heavy atom. The molecule has 0 bridgehead atoms. The normalized spacial score (nSPS) is 11.0. The van der Waals surface area contributed by atoms with E-state index in [1.165, 1.54) is 5.56 Å². The Balaban J connectivity index is 1.59. The van der Waals surface area contributed by atoms with Gasteiger partial charge in [0.2, 0.25) is 0 Å². The van der Waals surface area contributed by atoms with E-state index in [4.69, 9.17) is 14.2 Å². The van der Waals surface area contributed by atoms with Gasteiger partial charge in [-0.2, -0.15) is 0 Å². The predicted octanol–water partition coefficient (Wildman–Crippen LogP) is 2.88. The molecule has 0 saturated carbocycles. The minimum Gasteiger partial charge on any atom is -0.497 e. The van der Waals surface area contributed by atoms with Crippen molar-refractivity contribution < 1.29 is 14.2 Å². The van der Waals surface area contributed by atoms with Crippen molar-refractivity contribution in [2.24, 2.45) is 4.99 Å². The maximum Gasteiger partial charge on any atom is 0.190 e. The van der Waals surface area contributed by atoms with E-state index in [0.29, 0.717) is 6.61 Å². The van der Waals surface area contributed by atoms with E-state index in [0.717, 1.165) is 49.1 Å². The van der Waals surface area contributed by atoms with Crippen LogP contribution in [0.15, 0.2) is 53.5 Å². The van der Waals surface area contributed by atoms with Crippen LogP contribution in [0.4, 0.5) is 0 Å². The number of hydrogen-bond donors (Lipinski definition) is 2. The molecule has 2 N–H and O–H groups in total. The van der Waals surface area contributed by atoms with Crippen LogP contribution >= 0.6 is 0 Å². The fourth-order valence-corrected chi connectivity index (χ4v) is 2.48. The van der Waals surface area contributed by atoms with Crippen LogP contribution in [0.1, 0.15) is 12.0 Å². The number of nitrogens with one attached hydrogen (secondary N) is 2. The largest absolute Gasteiger partial charge is 0.497 e. The highest BCUT2D eigenvalue weighted by Crippen LogP contribution is 2.16. The molecule has 0 heterocycles. The first-order valence-corrected chi connectivity index (χ1v) is 9.09. The number of rotatable bonds is 10. The number of nitrogens with zero attached hydrogens (tertiary/aromatic N) is 1. The minimum atomic E-state index is 0.641. The zero-order valence-electron chi connectivity index (χ0n) is 16.3. The molecule has 0 aliphatic carbocycles. The molecule has 27 heavy (non-hydrogen) atoms. The van der Waals surface area contributed by atoms with Gasteiger partial charge in [-0.1, -0.05) is 12.1 Å². The van der Waals surface area contributed by atoms with Crippen LogP contribution in [0.5, 0.6) is 17.2 Å². The lowest BCUT2D eigenvalue weighted by Gasteiger charge is -2.12. The molecule has 0 aliphatic rings. The second-order valence-electron chi connectivity index (χ2n) is 5.90. The van der Waals surface area contributed by atoms with Gasteiger partial charge in [0.05, 0.1) is 20.8 Å². The first-order valence-electron chi connectivity index (χ1n) is 9.09. The maximum atomic E-state index is 5.71. The van der Waals surface area contributed by atoms with Crippen LogP contribution in [-0.4, -0.2) is 46.9 Å². The fourth-order valence-electron chi connectivity index (χ4n) is 2.48. The van der Waals surface area contributed by atoms with E-state index in [9.17, 15) is 0 Å². The van der Waals surface area contributed by atoms with E-state index < -0.39 is 0 Å². The average Bonchev–Trinajstić information content (AvgIpc) is 2.73. The van der Waals surface area contributed by atoms with Crippen molar-refractivity contribution >= 4 is 5.96 Å². The summed E-state index contributed by atoms with van der Waals surface area (Å²) in [6.45, 7) is 2.24. The molecule has 6 heteroatoms. The first-order chi connectivity index (χ1) is 13.2. The Morgan fingerprint density at radius 1 is 0.815 bits per heavy atom. The number of methoxy groups -OCH3 is 2. The highest BCUT2D eigenvalue weighted by atomic mass is 16.5. The summed E-state index contributed by atoms with van der Waals surface area (Å²) in [5.41, 5.74) is 1.26. The number of guanidine groups is 1. The van der Waals surface area contributed by atoms with Gasteiger partial charge in [0.25, 0.3) is 0 Å². The molecule has 0 saturated heterocycles. The monoisotopic (exact) mass is 371 g/mol. The molecule has 0 unspecified atom stereocenters. The maximum absolute atomic E-state index is 5.71. The van der Waals surface area contributed by atoms with Crippen molar-refractivity contribution in [2.45, 2.75) is 12.8 Å². The lowest BCUT2D eigenvalue weighted by atomic mass is 10.1. The molecule has 6 nitrogen and oxygen atoms in total. The average molecular weight is 371 g/mol. The third-order valence-electron chi connectivity index (χ3n) is 4.03. The number of ether oxygens (including phenoxy) is 3. The van der Waals surface area contributed by atoms with E-state index in [2.05, 4.69) is 27.8 Å². The summed E-state index contributed by atoms with van der Waals surface area (Å²) in [5, 5.41) is 6.62. The number of hydrogen-bond acceptors (Lipinski definition) is 4. The van der Waals surface area contributed by atoms with Crippen LogP contribution in [-0.2, 0) is 6.42 Å². The Morgan fingerprint density at radius 3 is 1.96 bits per heavy atom. The molecule has 0 aliphatic heterocycles. The number of benzene rings is 2. The SMILES string of the molecule is CN=C(NCCCOc1ccc(OC)cc1)NCCc1ccc(OC)cc1. The summed E-state index contributed by atoms with van der Waals surface area (Å²) in [6, 6.07) is 15.7. The highest BCUT2D eigenvalue weighted by molar-refractivity contribution is 5.79. The van der Waals surface area contributed by atoms with Gasteiger partial charge in [-0.25, -0.2) is 0 Å². The summed E-state index contributed by atoms with van der Waals surface area (Å²) in [6.07, 6.45) is 1.80. The molecule has 0 atom stereocenters. The van der Waals surface area contributed by atoms with Gasteiger partial charge in [0, 0.05) is 20.1 Å². The Bertz CT molecular complexity index is 685. The Kier molecular flexibility index (Phi) is 8.83. The van der Waals surface area contributed by atoms with Crippen molar-refractivity contribution in [2.75, 3.05) is 41.0 Å².